The van der Waals surface area contributed by atoms with Gasteiger partial charge in [-0.25, -0.2) is 0 Å². The Morgan fingerprint density at radius 1 is 0.277 bits per heavy atom. The second kappa shape index (κ2) is 12.7. The second-order valence-electron chi connectivity index (χ2n) is 11.8. The van der Waals surface area contributed by atoms with Crippen LogP contribution in [0, 0.1) is 0 Å². The number of hydrogen-bond acceptors (Lipinski definition) is 1. The Balaban J connectivity index is 1.25. The molecule has 0 saturated heterocycles. The third kappa shape index (κ3) is 5.72. The zero-order valence-corrected chi connectivity index (χ0v) is 26.0. The molecular weight excluding hydrogens is 567 g/mol. The van der Waals surface area contributed by atoms with Gasteiger partial charge in [-0.2, -0.15) is 0 Å². The molecule has 8 rings (SSSR count). The van der Waals surface area contributed by atoms with Crippen LogP contribution in [0.4, 0.5) is 17.1 Å². The average Bonchev–Trinajstić information content (AvgIpc) is 3.16. The molecule has 222 valence electrons. The molecule has 8 aromatic carbocycles. The van der Waals surface area contributed by atoms with Crippen LogP contribution in [0.2, 0.25) is 0 Å². The van der Waals surface area contributed by atoms with E-state index in [0.29, 0.717) is 0 Å². The maximum atomic E-state index is 2.38. The van der Waals surface area contributed by atoms with Gasteiger partial charge < -0.3 is 4.90 Å². The van der Waals surface area contributed by atoms with Crippen molar-refractivity contribution >= 4 is 27.8 Å². The number of para-hydroxylation sites is 1. The maximum absolute atomic E-state index is 2.38. The first-order valence-corrected chi connectivity index (χ1v) is 16.1. The van der Waals surface area contributed by atoms with Crippen LogP contribution in [-0.4, -0.2) is 0 Å². The quantitative estimate of drug-likeness (QED) is 0.176. The van der Waals surface area contributed by atoms with Gasteiger partial charge in [-0.05, 0) is 86.1 Å². The highest BCUT2D eigenvalue weighted by Gasteiger charge is 2.18. The Morgan fingerprint density at radius 3 is 1.30 bits per heavy atom. The van der Waals surface area contributed by atoms with Crippen molar-refractivity contribution in [3.63, 3.8) is 0 Å². The monoisotopic (exact) mass is 599 g/mol. The standard InChI is InChI=1S/C46H33N/c1-4-13-34(14-5-1)36-23-28-41(29-24-36)47(42-30-25-37(26-31-42)35-15-6-2-7-16-35)46-22-11-10-20-45(46)40-27-32-44-39(33-40)19-12-21-43(44)38-17-8-3-9-18-38/h1-33H. The summed E-state index contributed by atoms with van der Waals surface area (Å²) in [6.45, 7) is 0. The molecule has 0 spiro atoms. The molecule has 0 saturated carbocycles. The minimum Gasteiger partial charge on any atom is -0.310 e. The molecule has 1 heteroatoms. The Bertz CT molecular complexity index is 2170. The summed E-state index contributed by atoms with van der Waals surface area (Å²) in [4.78, 5) is 2.38. The summed E-state index contributed by atoms with van der Waals surface area (Å²) in [5, 5.41) is 2.48. The van der Waals surface area contributed by atoms with Crippen LogP contribution < -0.4 is 4.90 Å². The van der Waals surface area contributed by atoms with E-state index in [4.69, 9.17) is 0 Å². The molecule has 0 heterocycles. The Morgan fingerprint density at radius 2 is 0.723 bits per heavy atom. The summed E-state index contributed by atoms with van der Waals surface area (Å²) >= 11 is 0. The zero-order valence-electron chi connectivity index (χ0n) is 26.0. The third-order valence-electron chi connectivity index (χ3n) is 8.89. The number of hydrogen-bond donors (Lipinski definition) is 0. The molecule has 47 heavy (non-hydrogen) atoms. The van der Waals surface area contributed by atoms with Gasteiger partial charge >= 0.3 is 0 Å². The minimum atomic E-state index is 1.11. The highest BCUT2D eigenvalue weighted by Crippen LogP contribution is 2.42. The molecule has 0 atom stereocenters. The van der Waals surface area contributed by atoms with E-state index in [1.165, 1.54) is 55.3 Å². The van der Waals surface area contributed by atoms with Crippen molar-refractivity contribution in [3.05, 3.63) is 200 Å². The van der Waals surface area contributed by atoms with Crippen LogP contribution in [0.25, 0.3) is 55.3 Å². The van der Waals surface area contributed by atoms with E-state index in [9.17, 15) is 0 Å². The molecule has 0 unspecified atom stereocenters. The molecule has 0 N–H and O–H groups in total. The van der Waals surface area contributed by atoms with Gasteiger partial charge in [0.2, 0.25) is 0 Å². The van der Waals surface area contributed by atoms with Crippen LogP contribution in [0.3, 0.4) is 0 Å². The molecule has 0 amide bonds. The third-order valence-corrected chi connectivity index (χ3v) is 8.89. The Hall–Kier alpha value is -6.18. The predicted molar refractivity (Wildman–Crippen MR) is 200 cm³/mol. The van der Waals surface area contributed by atoms with Crippen LogP contribution in [0.5, 0.6) is 0 Å². The summed E-state index contributed by atoms with van der Waals surface area (Å²) in [5.41, 5.74) is 13.0. The SMILES string of the molecule is c1ccc(-c2ccc(N(c3ccc(-c4ccccc4)cc3)c3ccccc3-c3ccc4c(-c5ccccc5)cccc4c3)cc2)cc1. The summed E-state index contributed by atoms with van der Waals surface area (Å²) in [6, 6.07) is 71.8. The maximum Gasteiger partial charge on any atom is 0.0540 e. The topological polar surface area (TPSA) is 3.24 Å². The number of nitrogens with zero attached hydrogens (tertiary/aromatic N) is 1. The lowest BCUT2D eigenvalue weighted by Crippen LogP contribution is -2.11. The molecule has 0 aliphatic rings. The van der Waals surface area contributed by atoms with Gasteiger partial charge in [0, 0.05) is 16.9 Å². The molecule has 0 aliphatic carbocycles. The lowest BCUT2D eigenvalue weighted by atomic mass is 9.94. The average molecular weight is 600 g/mol. The van der Waals surface area contributed by atoms with E-state index in [1.54, 1.807) is 0 Å². The largest absolute Gasteiger partial charge is 0.310 e. The normalized spacial score (nSPS) is 11.0. The summed E-state index contributed by atoms with van der Waals surface area (Å²) in [7, 11) is 0. The van der Waals surface area contributed by atoms with E-state index in [1.807, 2.05) is 0 Å². The van der Waals surface area contributed by atoms with E-state index in [2.05, 4.69) is 205 Å². The molecule has 0 aliphatic heterocycles. The van der Waals surface area contributed by atoms with Crippen molar-refractivity contribution in [2.24, 2.45) is 0 Å². The van der Waals surface area contributed by atoms with Crippen molar-refractivity contribution in [2.75, 3.05) is 4.90 Å². The predicted octanol–water partition coefficient (Wildman–Crippen LogP) is 13.0. The van der Waals surface area contributed by atoms with E-state index in [-0.39, 0.29) is 0 Å². The molecule has 0 radical (unpaired) electrons. The molecule has 1 nitrogen and oxygen atoms in total. The van der Waals surface area contributed by atoms with Crippen molar-refractivity contribution in [2.45, 2.75) is 0 Å². The summed E-state index contributed by atoms with van der Waals surface area (Å²) in [6.07, 6.45) is 0. The van der Waals surface area contributed by atoms with Crippen LogP contribution in [-0.2, 0) is 0 Å². The van der Waals surface area contributed by atoms with Crippen LogP contribution >= 0.6 is 0 Å². The van der Waals surface area contributed by atoms with Gasteiger partial charge in [0.15, 0.2) is 0 Å². The first kappa shape index (κ1) is 28.3. The van der Waals surface area contributed by atoms with E-state index in [0.717, 1.165) is 17.1 Å². The molecular formula is C46H33N. The van der Waals surface area contributed by atoms with E-state index < -0.39 is 0 Å². The summed E-state index contributed by atoms with van der Waals surface area (Å²) in [5.74, 6) is 0. The second-order valence-corrected chi connectivity index (χ2v) is 11.8. The molecule has 0 aromatic heterocycles. The van der Waals surface area contributed by atoms with Crippen molar-refractivity contribution in [3.8, 4) is 44.5 Å². The van der Waals surface area contributed by atoms with Gasteiger partial charge in [-0.3, -0.25) is 0 Å². The fourth-order valence-electron chi connectivity index (χ4n) is 6.53. The van der Waals surface area contributed by atoms with Crippen LogP contribution in [0.15, 0.2) is 200 Å². The van der Waals surface area contributed by atoms with Gasteiger partial charge in [0.25, 0.3) is 0 Å². The highest BCUT2D eigenvalue weighted by molar-refractivity contribution is 6.00. The Labute approximate surface area is 276 Å². The lowest BCUT2D eigenvalue weighted by Gasteiger charge is -2.28. The number of benzene rings is 8. The molecule has 0 fully saturated rings. The minimum absolute atomic E-state index is 1.11. The molecule has 0 bridgehead atoms. The zero-order chi connectivity index (χ0) is 31.4. The first-order chi connectivity index (χ1) is 23.3. The van der Waals surface area contributed by atoms with E-state index >= 15 is 0 Å². The smallest absolute Gasteiger partial charge is 0.0540 e. The summed E-state index contributed by atoms with van der Waals surface area (Å²) < 4.78 is 0. The van der Waals surface area contributed by atoms with Crippen molar-refractivity contribution in [1.29, 1.82) is 0 Å². The van der Waals surface area contributed by atoms with Gasteiger partial charge in [0.1, 0.15) is 0 Å². The Kier molecular flexibility index (Phi) is 7.63. The number of anilines is 3. The number of fused-ring (bicyclic) bond motifs is 1. The van der Waals surface area contributed by atoms with Crippen molar-refractivity contribution in [1.82, 2.24) is 0 Å². The number of rotatable bonds is 7. The highest BCUT2D eigenvalue weighted by atomic mass is 15.1. The fourth-order valence-corrected chi connectivity index (χ4v) is 6.53. The first-order valence-electron chi connectivity index (χ1n) is 16.1. The van der Waals surface area contributed by atoms with Gasteiger partial charge in [-0.1, -0.05) is 164 Å². The van der Waals surface area contributed by atoms with Crippen LogP contribution in [0.1, 0.15) is 0 Å². The fraction of sp³-hybridized carbons (Fsp3) is 0. The van der Waals surface area contributed by atoms with Gasteiger partial charge in [-0.15, -0.1) is 0 Å². The molecule has 8 aromatic rings. The van der Waals surface area contributed by atoms with Gasteiger partial charge in [0.05, 0.1) is 5.69 Å². The van der Waals surface area contributed by atoms with Crippen molar-refractivity contribution < 1.29 is 0 Å². The lowest BCUT2D eigenvalue weighted by molar-refractivity contribution is 1.28.